The van der Waals surface area contributed by atoms with Crippen molar-refractivity contribution in [1.29, 1.82) is 0 Å². The average molecular weight is 475 g/mol. The minimum absolute atomic E-state index is 0.0889. The molecule has 4 heterocycles. The third kappa shape index (κ3) is 4.61. The van der Waals surface area contributed by atoms with Crippen LogP contribution in [0, 0.1) is 6.92 Å². The van der Waals surface area contributed by atoms with E-state index in [1.54, 1.807) is 6.20 Å². The molecule has 5 rings (SSSR count). The van der Waals surface area contributed by atoms with E-state index in [1.807, 2.05) is 30.7 Å². The van der Waals surface area contributed by atoms with Gasteiger partial charge in [-0.05, 0) is 63.6 Å². The van der Waals surface area contributed by atoms with Crippen molar-refractivity contribution in [2.75, 3.05) is 29.9 Å². The second-order valence-corrected chi connectivity index (χ2v) is 9.47. The third-order valence-electron chi connectivity index (χ3n) is 7.20. The van der Waals surface area contributed by atoms with Crippen LogP contribution in [-0.2, 0) is 4.74 Å². The first kappa shape index (κ1) is 23.3. The van der Waals surface area contributed by atoms with Crippen molar-refractivity contribution < 1.29 is 4.74 Å². The van der Waals surface area contributed by atoms with Gasteiger partial charge in [0, 0.05) is 30.7 Å². The van der Waals surface area contributed by atoms with Crippen LogP contribution in [0.3, 0.4) is 0 Å². The van der Waals surface area contributed by atoms with Gasteiger partial charge in [0.2, 0.25) is 5.95 Å². The first-order valence-corrected chi connectivity index (χ1v) is 12.8. The molecule has 1 saturated carbocycles. The van der Waals surface area contributed by atoms with Gasteiger partial charge in [0.25, 0.3) is 5.56 Å². The Morgan fingerprint density at radius 1 is 1.11 bits per heavy atom. The van der Waals surface area contributed by atoms with Crippen molar-refractivity contribution in [3.05, 3.63) is 52.6 Å². The molecule has 0 atom stereocenters. The van der Waals surface area contributed by atoms with E-state index in [4.69, 9.17) is 9.72 Å². The topological polar surface area (TPSA) is 85.2 Å². The molecule has 0 spiro atoms. The standard InChI is InChI=1S/C27H34N6O2/c1-4-35-19(3)24-18(2)22-17-29-27(31-25(22)33(26(24)34)20-10-6-7-11-20)30-23-13-12-21(16-28-23)32-14-8-5-9-15-32/h12-13,16-17,20H,3-11,14-15H2,1-2H3,(H,28,29,30,31). The van der Waals surface area contributed by atoms with Gasteiger partial charge in [-0.3, -0.25) is 9.36 Å². The van der Waals surface area contributed by atoms with Gasteiger partial charge < -0.3 is 15.0 Å². The molecule has 3 aromatic rings. The molecule has 3 aromatic heterocycles. The van der Waals surface area contributed by atoms with Gasteiger partial charge in [0.15, 0.2) is 0 Å². The van der Waals surface area contributed by atoms with Gasteiger partial charge in [-0.1, -0.05) is 19.4 Å². The van der Waals surface area contributed by atoms with E-state index in [-0.39, 0.29) is 11.6 Å². The fraction of sp³-hybridized carbons (Fsp3) is 0.481. The molecule has 0 radical (unpaired) electrons. The summed E-state index contributed by atoms with van der Waals surface area (Å²) in [7, 11) is 0. The monoisotopic (exact) mass is 474 g/mol. The van der Waals surface area contributed by atoms with Gasteiger partial charge in [0.05, 0.1) is 24.1 Å². The summed E-state index contributed by atoms with van der Waals surface area (Å²) in [6.45, 7) is 10.5. The van der Waals surface area contributed by atoms with Gasteiger partial charge in [-0.25, -0.2) is 9.97 Å². The number of hydrogen-bond acceptors (Lipinski definition) is 7. The number of pyridine rings is 2. The maximum atomic E-state index is 13.7. The molecule has 1 saturated heterocycles. The zero-order valence-corrected chi connectivity index (χ0v) is 20.7. The predicted octanol–water partition coefficient (Wildman–Crippen LogP) is 5.35. The van der Waals surface area contributed by atoms with Gasteiger partial charge in [-0.15, -0.1) is 0 Å². The molecule has 1 aliphatic heterocycles. The number of ether oxygens (including phenoxy) is 1. The van der Waals surface area contributed by atoms with Crippen molar-refractivity contribution >= 4 is 34.2 Å². The normalized spacial score (nSPS) is 16.6. The maximum absolute atomic E-state index is 13.7. The molecule has 184 valence electrons. The number of aromatic nitrogens is 4. The maximum Gasteiger partial charge on any atom is 0.263 e. The molecular formula is C27H34N6O2. The van der Waals surface area contributed by atoms with E-state index in [9.17, 15) is 4.79 Å². The summed E-state index contributed by atoms with van der Waals surface area (Å²) in [6.07, 6.45) is 11.6. The fourth-order valence-corrected chi connectivity index (χ4v) is 5.38. The van der Waals surface area contributed by atoms with Crippen molar-refractivity contribution in [1.82, 2.24) is 19.5 Å². The second-order valence-electron chi connectivity index (χ2n) is 9.47. The molecule has 2 aliphatic rings. The van der Waals surface area contributed by atoms with E-state index in [0.29, 0.717) is 35.3 Å². The van der Waals surface area contributed by atoms with Crippen molar-refractivity contribution in [2.24, 2.45) is 0 Å². The predicted molar refractivity (Wildman–Crippen MR) is 140 cm³/mol. The highest BCUT2D eigenvalue weighted by Crippen LogP contribution is 2.33. The van der Waals surface area contributed by atoms with Crippen molar-refractivity contribution in [3.8, 4) is 0 Å². The number of piperidine rings is 1. The SMILES string of the molecule is C=C(OCC)c1c(C)c2cnc(Nc3ccc(N4CCCCC4)cn3)nc2n(C2CCCC2)c1=O. The van der Waals surface area contributed by atoms with Gasteiger partial charge in [-0.2, -0.15) is 4.98 Å². The van der Waals surface area contributed by atoms with Crippen LogP contribution in [-0.4, -0.2) is 39.2 Å². The molecule has 2 fully saturated rings. The summed E-state index contributed by atoms with van der Waals surface area (Å²) < 4.78 is 7.48. The largest absolute Gasteiger partial charge is 0.494 e. The summed E-state index contributed by atoms with van der Waals surface area (Å²) >= 11 is 0. The lowest BCUT2D eigenvalue weighted by molar-refractivity contribution is 0.298. The number of aryl methyl sites for hydroxylation is 1. The van der Waals surface area contributed by atoms with E-state index in [0.717, 1.165) is 55.4 Å². The number of hydrogen-bond donors (Lipinski definition) is 1. The highest BCUT2D eigenvalue weighted by molar-refractivity contribution is 5.84. The van der Waals surface area contributed by atoms with Crippen LogP contribution in [0.25, 0.3) is 16.8 Å². The summed E-state index contributed by atoms with van der Waals surface area (Å²) in [5.74, 6) is 1.51. The lowest BCUT2D eigenvalue weighted by atomic mass is 10.0. The first-order valence-electron chi connectivity index (χ1n) is 12.8. The number of nitrogens with zero attached hydrogens (tertiary/aromatic N) is 5. The van der Waals surface area contributed by atoms with Gasteiger partial charge in [0.1, 0.15) is 17.2 Å². The molecule has 8 nitrogen and oxygen atoms in total. The van der Waals surface area contributed by atoms with Crippen molar-refractivity contribution in [3.63, 3.8) is 0 Å². The molecule has 0 aromatic carbocycles. The minimum atomic E-state index is -0.0889. The molecule has 1 N–H and O–H groups in total. The van der Waals surface area contributed by atoms with E-state index < -0.39 is 0 Å². The Labute approximate surface area is 206 Å². The van der Waals surface area contributed by atoms with Crippen LogP contribution in [0.1, 0.15) is 69.0 Å². The van der Waals surface area contributed by atoms with Gasteiger partial charge >= 0.3 is 0 Å². The Hall–Kier alpha value is -3.42. The molecule has 0 unspecified atom stereocenters. The van der Waals surface area contributed by atoms with E-state index in [2.05, 4.69) is 32.8 Å². The molecule has 35 heavy (non-hydrogen) atoms. The van der Waals surface area contributed by atoms with Crippen LogP contribution < -0.4 is 15.8 Å². The van der Waals surface area contributed by atoms with Crippen LogP contribution in [0.2, 0.25) is 0 Å². The smallest absolute Gasteiger partial charge is 0.263 e. The van der Waals surface area contributed by atoms with Crippen LogP contribution in [0.4, 0.5) is 17.5 Å². The summed E-state index contributed by atoms with van der Waals surface area (Å²) in [6, 6.07) is 4.16. The number of anilines is 3. The highest BCUT2D eigenvalue weighted by atomic mass is 16.5. The average Bonchev–Trinajstić information content (AvgIpc) is 3.40. The Morgan fingerprint density at radius 2 is 1.89 bits per heavy atom. The quantitative estimate of drug-likeness (QED) is 0.462. The number of nitrogens with one attached hydrogen (secondary N) is 1. The van der Waals surface area contributed by atoms with Crippen LogP contribution in [0.15, 0.2) is 35.9 Å². The Balaban J connectivity index is 1.51. The Morgan fingerprint density at radius 3 is 2.57 bits per heavy atom. The molecule has 0 amide bonds. The molecule has 1 aliphatic carbocycles. The fourth-order valence-electron chi connectivity index (χ4n) is 5.38. The zero-order chi connectivity index (χ0) is 24.4. The lowest BCUT2D eigenvalue weighted by Gasteiger charge is -2.28. The molecule has 8 heteroatoms. The summed E-state index contributed by atoms with van der Waals surface area (Å²) in [4.78, 5) is 30.0. The molecular weight excluding hydrogens is 440 g/mol. The van der Waals surface area contributed by atoms with Crippen LogP contribution >= 0.6 is 0 Å². The minimum Gasteiger partial charge on any atom is -0.494 e. The first-order chi connectivity index (χ1) is 17.1. The lowest BCUT2D eigenvalue weighted by Crippen LogP contribution is -2.29. The highest BCUT2D eigenvalue weighted by Gasteiger charge is 2.26. The Bertz CT molecular complexity index is 1270. The Kier molecular flexibility index (Phi) is 6.70. The third-order valence-corrected chi connectivity index (χ3v) is 7.20. The second kappa shape index (κ2) is 10.1. The number of rotatable bonds is 7. The zero-order valence-electron chi connectivity index (χ0n) is 20.7. The molecule has 0 bridgehead atoms. The summed E-state index contributed by atoms with van der Waals surface area (Å²) in [5, 5.41) is 4.07. The van der Waals surface area contributed by atoms with E-state index >= 15 is 0 Å². The van der Waals surface area contributed by atoms with Crippen LogP contribution in [0.5, 0.6) is 0 Å². The number of fused-ring (bicyclic) bond motifs is 1. The van der Waals surface area contributed by atoms with E-state index in [1.165, 1.54) is 19.3 Å². The summed E-state index contributed by atoms with van der Waals surface area (Å²) in [5.41, 5.74) is 3.02. The van der Waals surface area contributed by atoms with Crippen molar-refractivity contribution in [2.45, 2.75) is 64.8 Å².